The molecule has 0 saturated heterocycles. The molecular formula is C26H28N6O2. The molecule has 1 aliphatic rings. The summed E-state index contributed by atoms with van der Waals surface area (Å²) in [7, 11) is 0. The van der Waals surface area contributed by atoms with Gasteiger partial charge in [-0.25, -0.2) is 4.98 Å². The number of fused-ring (bicyclic) bond motifs is 3. The van der Waals surface area contributed by atoms with Crippen molar-refractivity contribution in [2.75, 3.05) is 5.32 Å². The lowest BCUT2D eigenvalue weighted by molar-refractivity contribution is -0.121. The highest BCUT2D eigenvalue weighted by atomic mass is 16.2. The van der Waals surface area contributed by atoms with E-state index in [0.717, 1.165) is 41.0 Å². The van der Waals surface area contributed by atoms with Crippen LogP contribution in [0.25, 0.3) is 11.0 Å². The Balaban J connectivity index is 1.44. The van der Waals surface area contributed by atoms with Gasteiger partial charge in [0.2, 0.25) is 5.91 Å². The topological polar surface area (TPSA) is 93.8 Å². The Bertz CT molecular complexity index is 1380. The van der Waals surface area contributed by atoms with Crippen LogP contribution in [0.1, 0.15) is 30.3 Å². The number of imidazole rings is 1. The number of pyridine rings is 2. The third-order valence-electron chi connectivity index (χ3n) is 6.32. The van der Waals surface area contributed by atoms with Gasteiger partial charge in [0.15, 0.2) is 0 Å². The molecule has 1 amide bonds. The SMILES string of the molecule is C[C@H]1CCc2c(ccc3c2nc(CCn2ccccc2=O)n3CC(=O)NCc2cccnc2)N1. The van der Waals surface area contributed by atoms with Crippen molar-refractivity contribution in [3.05, 3.63) is 88.4 Å². The minimum absolute atomic E-state index is 0.0464. The summed E-state index contributed by atoms with van der Waals surface area (Å²) in [5, 5.41) is 6.53. The first-order chi connectivity index (χ1) is 16.6. The zero-order valence-corrected chi connectivity index (χ0v) is 19.2. The van der Waals surface area contributed by atoms with Gasteiger partial charge < -0.3 is 19.8 Å². The number of aryl methyl sites for hydroxylation is 3. The number of amides is 1. The molecular weight excluding hydrogens is 428 g/mol. The molecule has 3 aromatic heterocycles. The molecule has 0 fully saturated rings. The Labute approximate surface area is 197 Å². The molecule has 1 aromatic carbocycles. The second-order valence-corrected chi connectivity index (χ2v) is 8.78. The maximum absolute atomic E-state index is 12.9. The van der Waals surface area contributed by atoms with Gasteiger partial charge in [0.25, 0.3) is 5.56 Å². The van der Waals surface area contributed by atoms with Crippen LogP contribution >= 0.6 is 0 Å². The lowest BCUT2D eigenvalue weighted by atomic mass is 9.98. The number of nitrogens with one attached hydrogen (secondary N) is 2. The number of hydrogen-bond donors (Lipinski definition) is 2. The first-order valence-electron chi connectivity index (χ1n) is 11.7. The number of benzene rings is 1. The highest BCUT2D eigenvalue weighted by Crippen LogP contribution is 2.32. The number of aromatic nitrogens is 4. The highest BCUT2D eigenvalue weighted by Gasteiger charge is 2.22. The first-order valence-corrected chi connectivity index (χ1v) is 11.7. The van der Waals surface area contributed by atoms with Gasteiger partial charge in [0, 0.05) is 61.5 Å². The molecule has 5 rings (SSSR count). The summed E-state index contributed by atoms with van der Waals surface area (Å²) in [6.45, 7) is 3.27. The van der Waals surface area contributed by atoms with Crippen molar-refractivity contribution >= 4 is 22.6 Å². The highest BCUT2D eigenvalue weighted by molar-refractivity contribution is 5.87. The van der Waals surface area contributed by atoms with E-state index >= 15 is 0 Å². The zero-order valence-electron chi connectivity index (χ0n) is 19.2. The van der Waals surface area contributed by atoms with E-state index < -0.39 is 0 Å². The number of carbonyl (C=O) groups is 1. The average molecular weight is 457 g/mol. The smallest absolute Gasteiger partial charge is 0.250 e. The Kier molecular flexibility index (Phi) is 6.12. The third-order valence-corrected chi connectivity index (χ3v) is 6.32. The number of anilines is 1. The van der Waals surface area contributed by atoms with Gasteiger partial charge >= 0.3 is 0 Å². The molecule has 0 radical (unpaired) electrons. The molecule has 1 aliphatic heterocycles. The summed E-state index contributed by atoms with van der Waals surface area (Å²) in [5.74, 6) is 0.708. The molecule has 4 heterocycles. The quantitative estimate of drug-likeness (QED) is 0.446. The third kappa shape index (κ3) is 4.57. The van der Waals surface area contributed by atoms with Gasteiger partial charge in [-0.3, -0.25) is 14.6 Å². The molecule has 0 spiro atoms. The van der Waals surface area contributed by atoms with E-state index in [1.54, 1.807) is 35.3 Å². The van der Waals surface area contributed by atoms with Crippen LogP contribution in [0.15, 0.2) is 65.8 Å². The van der Waals surface area contributed by atoms with Crippen molar-refractivity contribution < 1.29 is 4.79 Å². The Morgan fingerprint density at radius 3 is 2.94 bits per heavy atom. The maximum atomic E-state index is 12.9. The minimum atomic E-state index is -0.0919. The zero-order chi connectivity index (χ0) is 23.5. The minimum Gasteiger partial charge on any atom is -0.382 e. The van der Waals surface area contributed by atoms with Gasteiger partial charge in [0.05, 0.1) is 11.0 Å². The van der Waals surface area contributed by atoms with Crippen LogP contribution in [0.3, 0.4) is 0 Å². The molecule has 174 valence electrons. The van der Waals surface area contributed by atoms with Crippen LogP contribution in [0.2, 0.25) is 0 Å². The summed E-state index contributed by atoms with van der Waals surface area (Å²) in [6, 6.07) is 13.5. The van der Waals surface area contributed by atoms with Crippen molar-refractivity contribution in [1.29, 1.82) is 0 Å². The van der Waals surface area contributed by atoms with Gasteiger partial charge in [-0.1, -0.05) is 12.1 Å². The van der Waals surface area contributed by atoms with Crippen LogP contribution in [0.4, 0.5) is 5.69 Å². The van der Waals surface area contributed by atoms with E-state index in [0.29, 0.717) is 25.6 Å². The van der Waals surface area contributed by atoms with E-state index in [9.17, 15) is 9.59 Å². The number of hydrogen-bond acceptors (Lipinski definition) is 5. The molecule has 2 N–H and O–H groups in total. The number of carbonyl (C=O) groups excluding carboxylic acids is 1. The Hall–Kier alpha value is -3.94. The van der Waals surface area contributed by atoms with E-state index in [2.05, 4.69) is 28.6 Å². The Morgan fingerprint density at radius 1 is 1.21 bits per heavy atom. The van der Waals surface area contributed by atoms with Crippen molar-refractivity contribution in [3.63, 3.8) is 0 Å². The van der Waals surface area contributed by atoms with Crippen molar-refractivity contribution in [3.8, 4) is 0 Å². The fourth-order valence-electron chi connectivity index (χ4n) is 4.52. The average Bonchev–Trinajstić information content (AvgIpc) is 3.20. The molecule has 1 atom stereocenters. The predicted octanol–water partition coefficient (Wildman–Crippen LogP) is 2.90. The van der Waals surface area contributed by atoms with E-state index in [1.807, 2.05) is 28.8 Å². The maximum Gasteiger partial charge on any atom is 0.250 e. The monoisotopic (exact) mass is 456 g/mol. The Morgan fingerprint density at radius 2 is 2.12 bits per heavy atom. The van der Waals surface area contributed by atoms with Crippen LogP contribution in [0, 0.1) is 0 Å². The molecule has 4 aromatic rings. The predicted molar refractivity (Wildman–Crippen MR) is 132 cm³/mol. The standard InChI is InChI=1S/C26H28N6O2/c1-18-7-8-20-21(29-18)9-10-22-26(20)30-23(11-14-31-13-3-2-6-25(31)34)32(22)17-24(33)28-16-19-5-4-12-27-15-19/h2-6,9-10,12-13,15,18,29H,7-8,11,14,16-17H2,1H3,(H,28,33)/t18-/m0/s1. The summed E-state index contributed by atoms with van der Waals surface area (Å²) in [4.78, 5) is 34.2. The van der Waals surface area contributed by atoms with E-state index in [4.69, 9.17) is 4.98 Å². The number of rotatable bonds is 7. The van der Waals surface area contributed by atoms with Crippen LogP contribution < -0.4 is 16.2 Å². The number of nitrogens with zero attached hydrogens (tertiary/aromatic N) is 4. The molecule has 0 saturated carbocycles. The van der Waals surface area contributed by atoms with E-state index in [1.165, 1.54) is 5.56 Å². The fourth-order valence-corrected chi connectivity index (χ4v) is 4.52. The summed E-state index contributed by atoms with van der Waals surface area (Å²) in [5.41, 5.74) is 5.10. The molecule has 0 bridgehead atoms. The summed E-state index contributed by atoms with van der Waals surface area (Å²) < 4.78 is 3.66. The second-order valence-electron chi connectivity index (χ2n) is 8.78. The van der Waals surface area contributed by atoms with Crippen molar-refractivity contribution in [2.45, 2.75) is 51.9 Å². The lowest BCUT2D eigenvalue weighted by Gasteiger charge is -2.24. The van der Waals surface area contributed by atoms with Crippen LogP contribution in [-0.2, 0) is 37.3 Å². The van der Waals surface area contributed by atoms with Crippen molar-refractivity contribution in [1.82, 2.24) is 24.4 Å². The summed E-state index contributed by atoms with van der Waals surface area (Å²) >= 11 is 0. The molecule has 34 heavy (non-hydrogen) atoms. The first kappa shape index (κ1) is 21.9. The van der Waals surface area contributed by atoms with Gasteiger partial charge in [0.1, 0.15) is 12.4 Å². The van der Waals surface area contributed by atoms with Gasteiger partial charge in [-0.05, 0) is 49.6 Å². The van der Waals surface area contributed by atoms with Crippen LogP contribution in [-0.4, -0.2) is 31.1 Å². The lowest BCUT2D eigenvalue weighted by Crippen LogP contribution is -2.28. The van der Waals surface area contributed by atoms with Gasteiger partial charge in [-0.2, -0.15) is 0 Å². The molecule has 0 unspecified atom stereocenters. The normalized spacial score (nSPS) is 15.0. The fraction of sp³-hybridized carbons (Fsp3) is 0.308. The molecule has 8 heteroatoms. The van der Waals surface area contributed by atoms with Gasteiger partial charge in [-0.15, -0.1) is 0 Å². The van der Waals surface area contributed by atoms with Crippen molar-refractivity contribution in [2.24, 2.45) is 0 Å². The summed E-state index contributed by atoms with van der Waals surface area (Å²) in [6.07, 6.45) is 7.78. The largest absolute Gasteiger partial charge is 0.382 e. The molecule has 8 nitrogen and oxygen atoms in total. The second kappa shape index (κ2) is 9.51. The van der Waals surface area contributed by atoms with E-state index in [-0.39, 0.29) is 18.0 Å². The molecule has 0 aliphatic carbocycles. The van der Waals surface area contributed by atoms with Crippen LogP contribution in [0.5, 0.6) is 0 Å².